The van der Waals surface area contributed by atoms with Crippen LogP contribution >= 0.6 is 11.3 Å². The number of fused-ring (bicyclic) bond motifs is 1. The lowest BCUT2D eigenvalue weighted by Crippen LogP contribution is -2.39. The monoisotopic (exact) mass is 569 g/mol. The third-order valence-corrected chi connectivity index (χ3v) is 8.18. The van der Waals surface area contributed by atoms with Crippen LogP contribution in [0.15, 0.2) is 75.7 Å². The molecule has 0 saturated heterocycles. The third kappa shape index (κ3) is 5.09. The SMILES string of the molecule is CCOC(=O)C1=C(C)N=c2s/c(=C/c3cc(C)n(-c4cccc(C(=O)OC)c4)c3C)c(=O)n2[C@@H]1c1ccc(C)cc1. The molecule has 0 bridgehead atoms. The first kappa shape index (κ1) is 28.0. The highest BCUT2D eigenvalue weighted by molar-refractivity contribution is 7.07. The summed E-state index contributed by atoms with van der Waals surface area (Å²) in [6.07, 6.45) is 1.86. The second kappa shape index (κ2) is 11.2. The van der Waals surface area contributed by atoms with Crippen molar-refractivity contribution in [1.29, 1.82) is 0 Å². The summed E-state index contributed by atoms with van der Waals surface area (Å²) >= 11 is 1.29. The molecule has 0 saturated carbocycles. The maximum absolute atomic E-state index is 14.0. The van der Waals surface area contributed by atoms with E-state index in [2.05, 4.69) is 4.99 Å². The Morgan fingerprint density at radius 3 is 2.44 bits per heavy atom. The third-order valence-electron chi connectivity index (χ3n) is 7.19. The predicted molar refractivity (Wildman–Crippen MR) is 158 cm³/mol. The van der Waals surface area contributed by atoms with Gasteiger partial charge < -0.3 is 14.0 Å². The van der Waals surface area contributed by atoms with E-state index in [9.17, 15) is 14.4 Å². The highest BCUT2D eigenvalue weighted by Crippen LogP contribution is 2.31. The number of thiazole rings is 1. The Morgan fingerprint density at radius 2 is 1.76 bits per heavy atom. The number of esters is 2. The first-order chi connectivity index (χ1) is 19.6. The van der Waals surface area contributed by atoms with Crippen LogP contribution in [0.1, 0.15) is 58.3 Å². The van der Waals surface area contributed by atoms with Crippen molar-refractivity contribution < 1.29 is 19.1 Å². The van der Waals surface area contributed by atoms with Crippen LogP contribution in [-0.4, -0.2) is 34.8 Å². The molecule has 1 aliphatic rings. The van der Waals surface area contributed by atoms with Gasteiger partial charge in [0.25, 0.3) is 5.56 Å². The molecule has 4 aromatic rings. The zero-order chi connectivity index (χ0) is 29.4. The van der Waals surface area contributed by atoms with Crippen molar-refractivity contribution in [3.8, 4) is 5.69 Å². The Kier molecular flexibility index (Phi) is 7.64. The molecule has 0 spiro atoms. The van der Waals surface area contributed by atoms with Gasteiger partial charge in [-0.3, -0.25) is 9.36 Å². The molecule has 0 unspecified atom stereocenters. The number of allylic oxidation sites excluding steroid dienone is 1. The molecule has 3 heterocycles. The van der Waals surface area contributed by atoms with Crippen molar-refractivity contribution in [2.24, 2.45) is 4.99 Å². The summed E-state index contributed by atoms with van der Waals surface area (Å²) in [5.74, 6) is -0.886. The minimum atomic E-state index is -0.651. The molecule has 0 amide bonds. The summed E-state index contributed by atoms with van der Waals surface area (Å²) < 4.78 is 14.4. The van der Waals surface area contributed by atoms with Crippen LogP contribution in [0.4, 0.5) is 0 Å². The topological polar surface area (TPSA) is 91.9 Å². The van der Waals surface area contributed by atoms with E-state index in [4.69, 9.17) is 9.47 Å². The van der Waals surface area contributed by atoms with Gasteiger partial charge in [-0.2, -0.15) is 0 Å². The van der Waals surface area contributed by atoms with Gasteiger partial charge >= 0.3 is 11.9 Å². The van der Waals surface area contributed by atoms with E-state index in [1.165, 1.54) is 18.4 Å². The molecule has 9 heteroatoms. The summed E-state index contributed by atoms with van der Waals surface area (Å²) in [4.78, 5) is 44.4. The van der Waals surface area contributed by atoms with Gasteiger partial charge in [0.2, 0.25) is 0 Å². The number of nitrogens with zero attached hydrogens (tertiary/aromatic N) is 3. The van der Waals surface area contributed by atoms with Crippen molar-refractivity contribution in [3.05, 3.63) is 119 Å². The number of rotatable bonds is 6. The molecular formula is C32H31N3O5S. The second-order valence-corrected chi connectivity index (χ2v) is 10.9. The van der Waals surface area contributed by atoms with Crippen LogP contribution < -0.4 is 14.9 Å². The summed E-state index contributed by atoms with van der Waals surface area (Å²) in [6, 6.07) is 16.4. The van der Waals surface area contributed by atoms with E-state index >= 15 is 0 Å². The van der Waals surface area contributed by atoms with Crippen LogP contribution in [-0.2, 0) is 14.3 Å². The molecule has 2 aromatic heterocycles. The maximum Gasteiger partial charge on any atom is 0.338 e. The molecule has 8 nitrogen and oxygen atoms in total. The van der Waals surface area contributed by atoms with Gasteiger partial charge in [0.15, 0.2) is 4.80 Å². The summed E-state index contributed by atoms with van der Waals surface area (Å²) in [6.45, 7) is 9.69. The van der Waals surface area contributed by atoms with Crippen molar-refractivity contribution >= 4 is 29.4 Å². The van der Waals surface area contributed by atoms with Gasteiger partial charge in [-0.1, -0.05) is 47.2 Å². The van der Waals surface area contributed by atoms with Crippen LogP contribution in [0.2, 0.25) is 0 Å². The van der Waals surface area contributed by atoms with Gasteiger partial charge in [-0.05, 0) is 76.1 Å². The fourth-order valence-electron chi connectivity index (χ4n) is 5.22. The van der Waals surface area contributed by atoms with E-state index in [-0.39, 0.29) is 12.2 Å². The molecule has 1 atom stereocenters. The molecule has 210 valence electrons. The minimum Gasteiger partial charge on any atom is -0.465 e. The number of ether oxygens (including phenoxy) is 2. The minimum absolute atomic E-state index is 0.221. The zero-order valence-corrected chi connectivity index (χ0v) is 24.7. The normalized spacial score (nSPS) is 15.0. The second-order valence-electron chi connectivity index (χ2n) is 9.92. The Labute approximate surface area is 241 Å². The van der Waals surface area contributed by atoms with E-state index in [0.29, 0.717) is 26.2 Å². The molecule has 5 rings (SSSR count). The number of benzene rings is 2. The van der Waals surface area contributed by atoms with Crippen molar-refractivity contribution in [1.82, 2.24) is 9.13 Å². The predicted octanol–water partition coefficient (Wildman–Crippen LogP) is 4.30. The van der Waals surface area contributed by atoms with E-state index < -0.39 is 18.0 Å². The maximum atomic E-state index is 14.0. The lowest BCUT2D eigenvalue weighted by molar-refractivity contribution is -0.139. The Morgan fingerprint density at radius 1 is 1.02 bits per heavy atom. The first-order valence-corrected chi connectivity index (χ1v) is 14.1. The van der Waals surface area contributed by atoms with Gasteiger partial charge in [-0.25, -0.2) is 14.6 Å². The molecule has 0 fully saturated rings. The molecule has 0 aliphatic carbocycles. The molecule has 41 heavy (non-hydrogen) atoms. The lowest BCUT2D eigenvalue weighted by atomic mass is 9.95. The summed E-state index contributed by atoms with van der Waals surface area (Å²) in [7, 11) is 1.36. The van der Waals surface area contributed by atoms with Crippen LogP contribution in [0.3, 0.4) is 0 Å². The average Bonchev–Trinajstić information content (AvgIpc) is 3.41. The Bertz CT molecular complexity index is 1890. The highest BCUT2D eigenvalue weighted by Gasteiger charge is 2.33. The number of carbonyl (C=O) groups excluding carboxylic acids is 2. The zero-order valence-electron chi connectivity index (χ0n) is 23.8. The van der Waals surface area contributed by atoms with Crippen molar-refractivity contribution in [3.63, 3.8) is 0 Å². The highest BCUT2D eigenvalue weighted by atomic mass is 32.1. The number of methoxy groups -OCH3 is 1. The van der Waals surface area contributed by atoms with Crippen LogP contribution in [0, 0.1) is 20.8 Å². The van der Waals surface area contributed by atoms with Gasteiger partial charge in [0.1, 0.15) is 0 Å². The van der Waals surface area contributed by atoms with Crippen molar-refractivity contribution in [2.45, 2.75) is 40.7 Å². The molecule has 0 N–H and O–H groups in total. The molecule has 2 aromatic carbocycles. The molecular weight excluding hydrogens is 538 g/mol. The number of hydrogen-bond acceptors (Lipinski definition) is 7. The van der Waals surface area contributed by atoms with Gasteiger partial charge in [-0.15, -0.1) is 0 Å². The van der Waals surface area contributed by atoms with Crippen LogP contribution in [0.25, 0.3) is 11.8 Å². The smallest absolute Gasteiger partial charge is 0.338 e. The number of aryl methyl sites for hydroxylation is 2. The quantitative estimate of drug-likeness (QED) is 0.323. The first-order valence-electron chi connectivity index (χ1n) is 13.3. The fourth-order valence-corrected chi connectivity index (χ4v) is 6.26. The lowest BCUT2D eigenvalue weighted by Gasteiger charge is -2.24. The number of carbonyl (C=O) groups is 2. The molecule has 1 aliphatic heterocycles. The Hall–Kier alpha value is -4.50. The van der Waals surface area contributed by atoms with Crippen molar-refractivity contribution in [2.75, 3.05) is 13.7 Å². The average molecular weight is 570 g/mol. The van der Waals surface area contributed by atoms with Gasteiger partial charge in [0, 0.05) is 17.1 Å². The van der Waals surface area contributed by atoms with E-state index in [1.807, 2.05) is 73.9 Å². The van der Waals surface area contributed by atoms with Gasteiger partial charge in [0.05, 0.1) is 41.1 Å². The van der Waals surface area contributed by atoms with E-state index in [0.717, 1.165) is 33.8 Å². The number of aromatic nitrogens is 2. The molecule has 0 radical (unpaired) electrons. The Balaban J connectivity index is 1.66. The standard InChI is InChI=1S/C32H31N3O5S/c1-7-40-31(38)27-20(4)33-32-35(28(27)22-13-11-18(2)12-14-22)29(36)26(41-32)17-24-15-19(3)34(21(24)5)25-10-8-9-23(16-25)30(37)39-6/h8-17,28H,7H2,1-6H3/b26-17+/t28-/m1/s1. The summed E-state index contributed by atoms with van der Waals surface area (Å²) in [5, 5.41) is 0. The summed E-state index contributed by atoms with van der Waals surface area (Å²) in [5.41, 5.74) is 6.54. The van der Waals surface area contributed by atoms with E-state index in [1.54, 1.807) is 30.5 Å². The number of hydrogen-bond donors (Lipinski definition) is 0. The fraction of sp³-hybridized carbons (Fsp3) is 0.250. The van der Waals surface area contributed by atoms with Crippen LogP contribution in [0.5, 0.6) is 0 Å². The largest absolute Gasteiger partial charge is 0.465 e.